The summed E-state index contributed by atoms with van der Waals surface area (Å²) in [5.41, 5.74) is 5.83. The van der Waals surface area contributed by atoms with Crippen LogP contribution in [-0.4, -0.2) is 19.9 Å². The molecule has 0 radical (unpaired) electrons. The third kappa shape index (κ3) is 2.33. The smallest absolute Gasteiger partial charge is 0.253 e. The minimum absolute atomic E-state index is 0.0777. The van der Waals surface area contributed by atoms with E-state index in [9.17, 15) is 4.79 Å². The molecule has 7 heteroatoms. The fourth-order valence-electron chi connectivity index (χ4n) is 2.85. The summed E-state index contributed by atoms with van der Waals surface area (Å²) >= 11 is 5.98. The van der Waals surface area contributed by atoms with Gasteiger partial charge in [0.1, 0.15) is 6.54 Å². The van der Waals surface area contributed by atoms with E-state index in [1.807, 2.05) is 63.7 Å². The molecular formula is C17H14ClN5O. The Morgan fingerprint density at radius 1 is 1.17 bits per heavy atom. The number of benzene rings is 2. The quantitative estimate of drug-likeness (QED) is 0.342. The third-order valence-electron chi connectivity index (χ3n) is 3.96. The van der Waals surface area contributed by atoms with Crippen molar-refractivity contribution in [3.05, 3.63) is 59.8 Å². The first-order valence-corrected chi connectivity index (χ1v) is 7.77. The van der Waals surface area contributed by atoms with Gasteiger partial charge in [-0.3, -0.25) is 14.6 Å². The number of imidazole rings is 2. The van der Waals surface area contributed by atoms with Crippen LogP contribution in [0, 0.1) is 0 Å². The molecule has 6 nitrogen and oxygen atoms in total. The number of aromatic nitrogens is 3. The first-order valence-electron chi connectivity index (χ1n) is 7.39. The lowest BCUT2D eigenvalue weighted by Gasteiger charge is -2.08. The van der Waals surface area contributed by atoms with E-state index >= 15 is 0 Å². The van der Waals surface area contributed by atoms with Crippen LogP contribution in [0.2, 0.25) is 5.02 Å². The predicted octanol–water partition coefficient (Wildman–Crippen LogP) is 2.60. The van der Waals surface area contributed by atoms with Crippen molar-refractivity contribution >= 4 is 34.3 Å². The number of hydrogen-bond acceptors (Lipinski definition) is 3. The molecule has 2 heterocycles. The van der Waals surface area contributed by atoms with Crippen molar-refractivity contribution in [1.82, 2.24) is 19.4 Å². The molecule has 0 atom stereocenters. The SMILES string of the molecule is NNC(=O)Cn1c(-c2ccc(Cl)cc2)cn2c3ccccc3nc12. The van der Waals surface area contributed by atoms with Gasteiger partial charge in [-0.2, -0.15) is 0 Å². The Hall–Kier alpha value is -2.83. The second-order valence-electron chi connectivity index (χ2n) is 5.45. The standard InChI is InChI=1S/C17H14ClN5O/c18-12-7-5-11(6-8-12)15-9-22-14-4-2-1-3-13(14)20-17(22)23(15)10-16(24)21-19/h1-9H,10,19H2,(H,21,24). The summed E-state index contributed by atoms with van der Waals surface area (Å²) in [6.07, 6.45) is 1.97. The number of halogens is 1. The molecule has 0 aliphatic carbocycles. The molecule has 0 aliphatic heterocycles. The molecule has 4 aromatic rings. The van der Waals surface area contributed by atoms with Crippen molar-refractivity contribution in [1.29, 1.82) is 0 Å². The van der Waals surface area contributed by atoms with Crippen LogP contribution in [0.25, 0.3) is 28.1 Å². The van der Waals surface area contributed by atoms with Crippen molar-refractivity contribution in [2.75, 3.05) is 0 Å². The van der Waals surface area contributed by atoms with Gasteiger partial charge in [0.25, 0.3) is 5.91 Å². The molecular weight excluding hydrogens is 326 g/mol. The maximum Gasteiger partial charge on any atom is 0.253 e. The third-order valence-corrected chi connectivity index (χ3v) is 4.22. The molecule has 0 spiro atoms. The number of nitrogens with two attached hydrogens (primary N) is 1. The summed E-state index contributed by atoms with van der Waals surface area (Å²) in [5.74, 6) is 5.65. The van der Waals surface area contributed by atoms with Gasteiger partial charge in [-0.25, -0.2) is 10.8 Å². The summed E-state index contributed by atoms with van der Waals surface area (Å²) in [6, 6.07) is 15.3. The first-order chi connectivity index (χ1) is 11.7. The van der Waals surface area contributed by atoms with E-state index < -0.39 is 0 Å². The van der Waals surface area contributed by atoms with E-state index in [0.717, 1.165) is 22.3 Å². The molecule has 0 fully saturated rings. The molecule has 0 unspecified atom stereocenters. The zero-order chi connectivity index (χ0) is 16.7. The van der Waals surface area contributed by atoms with Gasteiger partial charge < -0.3 is 4.57 Å². The minimum Gasteiger partial charge on any atom is -0.300 e. The number of carbonyl (C=O) groups excluding carboxylic acids is 1. The highest BCUT2D eigenvalue weighted by atomic mass is 35.5. The summed E-state index contributed by atoms with van der Waals surface area (Å²) in [4.78, 5) is 16.5. The number of nitrogens with one attached hydrogen (secondary N) is 1. The lowest BCUT2D eigenvalue weighted by Crippen LogP contribution is -2.33. The van der Waals surface area contributed by atoms with Crippen LogP contribution in [0.4, 0.5) is 0 Å². The van der Waals surface area contributed by atoms with Crippen LogP contribution in [-0.2, 0) is 11.3 Å². The van der Waals surface area contributed by atoms with Gasteiger partial charge >= 0.3 is 0 Å². The normalized spacial score (nSPS) is 11.2. The second-order valence-corrected chi connectivity index (χ2v) is 5.88. The molecule has 1 amide bonds. The fourth-order valence-corrected chi connectivity index (χ4v) is 2.97. The largest absolute Gasteiger partial charge is 0.300 e. The Bertz CT molecular complexity index is 1050. The van der Waals surface area contributed by atoms with Crippen molar-refractivity contribution < 1.29 is 4.79 Å². The molecule has 2 aromatic carbocycles. The van der Waals surface area contributed by atoms with Crippen molar-refractivity contribution in [3.63, 3.8) is 0 Å². The highest BCUT2D eigenvalue weighted by molar-refractivity contribution is 6.30. The fraction of sp³-hybridized carbons (Fsp3) is 0.0588. The Labute approximate surface area is 142 Å². The van der Waals surface area contributed by atoms with Gasteiger partial charge in [-0.15, -0.1) is 0 Å². The maximum atomic E-state index is 11.9. The summed E-state index contributed by atoms with van der Waals surface area (Å²) in [7, 11) is 0. The van der Waals surface area contributed by atoms with E-state index in [1.165, 1.54) is 0 Å². The number of fused-ring (bicyclic) bond motifs is 3. The highest BCUT2D eigenvalue weighted by Crippen LogP contribution is 2.27. The van der Waals surface area contributed by atoms with Gasteiger partial charge in [-0.1, -0.05) is 35.9 Å². The topological polar surface area (TPSA) is 77.3 Å². The lowest BCUT2D eigenvalue weighted by atomic mass is 10.1. The van der Waals surface area contributed by atoms with E-state index in [-0.39, 0.29) is 12.5 Å². The maximum absolute atomic E-state index is 11.9. The molecule has 120 valence electrons. The van der Waals surface area contributed by atoms with Crippen molar-refractivity contribution in [2.24, 2.45) is 5.84 Å². The van der Waals surface area contributed by atoms with Gasteiger partial charge in [-0.05, 0) is 29.8 Å². The van der Waals surface area contributed by atoms with Crippen LogP contribution in [0.1, 0.15) is 0 Å². The van der Waals surface area contributed by atoms with Crippen LogP contribution in [0.5, 0.6) is 0 Å². The van der Waals surface area contributed by atoms with Crippen LogP contribution in [0.15, 0.2) is 54.7 Å². The Balaban J connectivity index is 1.98. The Kier molecular flexibility index (Phi) is 3.48. The predicted molar refractivity (Wildman–Crippen MR) is 93.5 cm³/mol. The summed E-state index contributed by atoms with van der Waals surface area (Å²) in [5, 5.41) is 0.659. The number of carbonyl (C=O) groups is 1. The number of para-hydroxylation sites is 2. The number of amides is 1. The molecule has 0 bridgehead atoms. The van der Waals surface area contributed by atoms with Crippen LogP contribution < -0.4 is 11.3 Å². The average molecular weight is 340 g/mol. The van der Waals surface area contributed by atoms with E-state index in [4.69, 9.17) is 17.4 Å². The lowest BCUT2D eigenvalue weighted by molar-refractivity contribution is -0.121. The highest BCUT2D eigenvalue weighted by Gasteiger charge is 2.17. The van der Waals surface area contributed by atoms with Gasteiger partial charge in [0.05, 0.1) is 16.7 Å². The number of hydrogen-bond donors (Lipinski definition) is 2. The van der Waals surface area contributed by atoms with Gasteiger partial charge in [0.15, 0.2) is 0 Å². The van der Waals surface area contributed by atoms with E-state index in [2.05, 4.69) is 10.4 Å². The number of nitrogens with zero attached hydrogens (tertiary/aromatic N) is 3. The average Bonchev–Trinajstić information content (AvgIpc) is 3.12. The number of rotatable bonds is 3. The van der Waals surface area contributed by atoms with Crippen molar-refractivity contribution in [3.8, 4) is 11.3 Å². The number of hydrazine groups is 1. The monoisotopic (exact) mass is 339 g/mol. The summed E-state index contributed by atoms with van der Waals surface area (Å²) in [6.45, 7) is 0.0777. The van der Waals surface area contributed by atoms with E-state index in [0.29, 0.717) is 10.8 Å². The molecule has 4 rings (SSSR count). The molecule has 0 saturated carbocycles. The van der Waals surface area contributed by atoms with Crippen LogP contribution >= 0.6 is 11.6 Å². The Morgan fingerprint density at radius 3 is 2.67 bits per heavy atom. The molecule has 3 N–H and O–H groups in total. The van der Waals surface area contributed by atoms with Crippen molar-refractivity contribution in [2.45, 2.75) is 6.54 Å². The molecule has 2 aromatic heterocycles. The zero-order valence-electron chi connectivity index (χ0n) is 12.6. The van der Waals surface area contributed by atoms with Crippen LogP contribution in [0.3, 0.4) is 0 Å². The van der Waals surface area contributed by atoms with E-state index in [1.54, 1.807) is 0 Å². The minimum atomic E-state index is -0.296. The second kappa shape index (κ2) is 5.67. The Morgan fingerprint density at radius 2 is 1.92 bits per heavy atom. The summed E-state index contributed by atoms with van der Waals surface area (Å²) < 4.78 is 3.81. The first kappa shape index (κ1) is 14.7. The molecule has 0 saturated heterocycles. The van der Waals surface area contributed by atoms with Gasteiger partial charge in [0, 0.05) is 11.2 Å². The molecule has 0 aliphatic rings. The zero-order valence-corrected chi connectivity index (χ0v) is 13.4. The van der Waals surface area contributed by atoms with Gasteiger partial charge in [0.2, 0.25) is 5.78 Å². The molecule has 24 heavy (non-hydrogen) atoms.